The zero-order valence-corrected chi connectivity index (χ0v) is 11.7. The van der Waals surface area contributed by atoms with Gasteiger partial charge in [-0.1, -0.05) is 27.2 Å². The summed E-state index contributed by atoms with van der Waals surface area (Å²) in [5.41, 5.74) is 0. The number of nitrogens with one attached hydrogen (secondary N) is 1. The molecule has 0 aromatic carbocycles. The molecule has 1 fully saturated rings. The summed E-state index contributed by atoms with van der Waals surface area (Å²) in [6, 6.07) is 1.18. The molecule has 1 aliphatic heterocycles. The van der Waals surface area contributed by atoms with Crippen molar-refractivity contribution in [3.05, 3.63) is 0 Å². The summed E-state index contributed by atoms with van der Waals surface area (Å²) in [7, 11) is -0.556. The molecule has 1 aliphatic rings. The first-order valence-corrected chi connectivity index (χ1v) is 7.94. The van der Waals surface area contributed by atoms with Crippen LogP contribution in [0.4, 0.5) is 0 Å². The van der Waals surface area contributed by atoms with E-state index in [1.165, 1.54) is 12.8 Å². The predicted molar refractivity (Wildman–Crippen MR) is 71.3 cm³/mol. The number of hydrogen-bond acceptors (Lipinski definition) is 3. The molecule has 0 bridgehead atoms. The van der Waals surface area contributed by atoms with Crippen LogP contribution in [0.3, 0.4) is 0 Å². The quantitative estimate of drug-likeness (QED) is 0.765. The van der Waals surface area contributed by atoms with E-state index in [0.717, 1.165) is 31.1 Å². The van der Waals surface area contributed by atoms with Crippen LogP contribution in [0.15, 0.2) is 0 Å². The van der Waals surface area contributed by atoms with Crippen LogP contribution in [0, 0.1) is 0 Å². The Kier molecular flexibility index (Phi) is 6.54. The highest BCUT2D eigenvalue weighted by Crippen LogP contribution is 2.10. The summed E-state index contributed by atoms with van der Waals surface area (Å²) in [5.74, 6) is 1.73. The lowest BCUT2D eigenvalue weighted by molar-refractivity contribution is 0.195. The fraction of sp³-hybridized carbons (Fsp3) is 1.00. The normalized spacial score (nSPS) is 21.5. The fourth-order valence-corrected chi connectivity index (χ4v) is 3.22. The van der Waals surface area contributed by atoms with Crippen LogP contribution in [-0.2, 0) is 10.8 Å². The van der Waals surface area contributed by atoms with E-state index in [2.05, 4.69) is 31.0 Å². The van der Waals surface area contributed by atoms with Crippen molar-refractivity contribution in [2.75, 3.05) is 31.1 Å². The second-order valence-corrected chi connectivity index (χ2v) is 6.59. The molecule has 96 valence electrons. The van der Waals surface area contributed by atoms with Crippen LogP contribution in [0.1, 0.15) is 33.6 Å². The predicted octanol–water partition coefficient (Wildman–Crippen LogP) is 1.22. The van der Waals surface area contributed by atoms with Gasteiger partial charge in [0.2, 0.25) is 0 Å². The monoisotopic (exact) mass is 246 g/mol. The van der Waals surface area contributed by atoms with Crippen molar-refractivity contribution in [3.8, 4) is 0 Å². The third-order valence-corrected chi connectivity index (χ3v) is 4.39. The average Bonchev–Trinajstić information content (AvgIpc) is 2.25. The van der Waals surface area contributed by atoms with Gasteiger partial charge in [-0.25, -0.2) is 0 Å². The van der Waals surface area contributed by atoms with Gasteiger partial charge in [-0.05, 0) is 6.42 Å². The molecule has 1 atom stereocenters. The maximum atomic E-state index is 11.3. The Morgan fingerprint density at radius 3 is 2.44 bits per heavy atom. The van der Waals surface area contributed by atoms with E-state index in [4.69, 9.17) is 0 Å². The Morgan fingerprint density at radius 1 is 1.31 bits per heavy atom. The smallest absolute Gasteiger partial charge is 0.0363 e. The summed E-state index contributed by atoms with van der Waals surface area (Å²) in [5, 5.41) is 3.52. The van der Waals surface area contributed by atoms with Gasteiger partial charge in [0, 0.05) is 54.0 Å². The lowest BCUT2D eigenvalue weighted by atomic mass is 10.1. The standard InChI is InChI=1S/C12H26N2OS/c1-4-5-12(10-13-11(2)3)14-6-8-16(15)9-7-14/h11-13H,4-10H2,1-3H3. The van der Waals surface area contributed by atoms with Crippen LogP contribution < -0.4 is 5.32 Å². The van der Waals surface area contributed by atoms with Gasteiger partial charge in [0.1, 0.15) is 0 Å². The van der Waals surface area contributed by atoms with Gasteiger partial charge < -0.3 is 5.32 Å². The van der Waals surface area contributed by atoms with Crippen molar-refractivity contribution in [3.63, 3.8) is 0 Å². The molecule has 1 heterocycles. The second-order valence-electron chi connectivity index (χ2n) is 4.89. The van der Waals surface area contributed by atoms with Crippen molar-refractivity contribution in [1.29, 1.82) is 0 Å². The Labute approximate surface area is 102 Å². The molecular formula is C12H26N2OS. The number of nitrogens with zero attached hydrogens (tertiary/aromatic N) is 1. The molecule has 0 radical (unpaired) electrons. The summed E-state index contributed by atoms with van der Waals surface area (Å²) in [4.78, 5) is 2.51. The van der Waals surface area contributed by atoms with E-state index in [-0.39, 0.29) is 0 Å². The summed E-state index contributed by atoms with van der Waals surface area (Å²) >= 11 is 0. The minimum absolute atomic E-state index is 0.554. The molecule has 0 aliphatic carbocycles. The topological polar surface area (TPSA) is 32.3 Å². The van der Waals surface area contributed by atoms with Crippen LogP contribution in [0.2, 0.25) is 0 Å². The van der Waals surface area contributed by atoms with Crippen molar-refractivity contribution < 1.29 is 4.21 Å². The molecular weight excluding hydrogens is 220 g/mol. The van der Waals surface area contributed by atoms with Gasteiger partial charge in [0.25, 0.3) is 0 Å². The maximum absolute atomic E-state index is 11.3. The number of hydrogen-bond donors (Lipinski definition) is 1. The van der Waals surface area contributed by atoms with Gasteiger partial charge in [-0.15, -0.1) is 0 Å². The van der Waals surface area contributed by atoms with Crippen LogP contribution in [-0.4, -0.2) is 52.3 Å². The highest BCUT2D eigenvalue weighted by Gasteiger charge is 2.22. The van der Waals surface area contributed by atoms with Crippen LogP contribution in [0.25, 0.3) is 0 Å². The lowest BCUT2D eigenvalue weighted by Gasteiger charge is -2.34. The fourth-order valence-electron chi connectivity index (χ4n) is 2.14. The first-order valence-electron chi connectivity index (χ1n) is 6.46. The molecule has 4 heteroatoms. The Balaban J connectivity index is 2.39. The molecule has 0 aromatic heterocycles. The van der Waals surface area contributed by atoms with Crippen LogP contribution in [0.5, 0.6) is 0 Å². The number of rotatable bonds is 6. The summed E-state index contributed by atoms with van der Waals surface area (Å²) in [6.45, 7) is 9.71. The Bertz CT molecular complexity index is 211. The highest BCUT2D eigenvalue weighted by molar-refractivity contribution is 7.85. The van der Waals surface area contributed by atoms with Gasteiger partial charge in [-0.3, -0.25) is 9.11 Å². The van der Waals surface area contributed by atoms with Gasteiger partial charge >= 0.3 is 0 Å². The van der Waals surface area contributed by atoms with E-state index < -0.39 is 10.8 Å². The highest BCUT2D eigenvalue weighted by atomic mass is 32.2. The molecule has 0 saturated carbocycles. The molecule has 1 N–H and O–H groups in total. The summed E-state index contributed by atoms with van der Waals surface area (Å²) < 4.78 is 11.3. The Morgan fingerprint density at radius 2 is 1.94 bits per heavy atom. The van der Waals surface area contributed by atoms with E-state index >= 15 is 0 Å². The van der Waals surface area contributed by atoms with Crippen molar-refractivity contribution in [2.45, 2.75) is 45.7 Å². The minimum Gasteiger partial charge on any atom is -0.313 e. The largest absolute Gasteiger partial charge is 0.313 e. The van der Waals surface area contributed by atoms with E-state index in [0.29, 0.717) is 12.1 Å². The van der Waals surface area contributed by atoms with E-state index in [1.807, 2.05) is 0 Å². The first-order chi connectivity index (χ1) is 7.63. The van der Waals surface area contributed by atoms with Crippen molar-refractivity contribution >= 4 is 10.8 Å². The molecule has 3 nitrogen and oxygen atoms in total. The first kappa shape index (κ1) is 14.1. The summed E-state index contributed by atoms with van der Waals surface area (Å²) in [6.07, 6.45) is 2.47. The third-order valence-electron chi connectivity index (χ3n) is 3.11. The van der Waals surface area contributed by atoms with Crippen molar-refractivity contribution in [2.24, 2.45) is 0 Å². The second kappa shape index (κ2) is 7.41. The van der Waals surface area contributed by atoms with Gasteiger partial charge in [0.15, 0.2) is 0 Å². The van der Waals surface area contributed by atoms with E-state index in [1.54, 1.807) is 0 Å². The third kappa shape index (κ3) is 4.93. The van der Waals surface area contributed by atoms with Gasteiger partial charge in [-0.2, -0.15) is 0 Å². The van der Waals surface area contributed by atoms with Crippen molar-refractivity contribution in [1.82, 2.24) is 10.2 Å². The molecule has 0 aromatic rings. The Hall–Kier alpha value is 0.0700. The molecule has 0 amide bonds. The zero-order chi connectivity index (χ0) is 12.0. The minimum atomic E-state index is -0.556. The molecule has 16 heavy (non-hydrogen) atoms. The maximum Gasteiger partial charge on any atom is 0.0363 e. The average molecular weight is 246 g/mol. The van der Waals surface area contributed by atoms with E-state index in [9.17, 15) is 4.21 Å². The van der Waals surface area contributed by atoms with Gasteiger partial charge in [0.05, 0.1) is 0 Å². The molecule has 1 rings (SSSR count). The SMILES string of the molecule is CCCC(CNC(C)C)N1CCS(=O)CC1. The lowest BCUT2D eigenvalue weighted by Crippen LogP contribution is -2.49. The molecule has 1 unspecified atom stereocenters. The molecule has 0 spiro atoms. The zero-order valence-electron chi connectivity index (χ0n) is 10.9. The molecule has 1 saturated heterocycles. The van der Waals surface area contributed by atoms with Crippen LogP contribution >= 0.6 is 0 Å².